The van der Waals surface area contributed by atoms with E-state index < -0.39 is 0 Å². The van der Waals surface area contributed by atoms with E-state index in [0.717, 1.165) is 16.9 Å². The van der Waals surface area contributed by atoms with Crippen LogP contribution in [0.25, 0.3) is 11.0 Å². The molecule has 128 valence electrons. The van der Waals surface area contributed by atoms with Gasteiger partial charge < -0.3 is 19.8 Å². The van der Waals surface area contributed by atoms with E-state index in [-0.39, 0.29) is 5.91 Å². The third-order valence-electron chi connectivity index (χ3n) is 4.11. The van der Waals surface area contributed by atoms with Gasteiger partial charge in [0.15, 0.2) is 11.5 Å². The normalized spacial score (nSPS) is 13.2. The van der Waals surface area contributed by atoms with Crippen molar-refractivity contribution in [3.63, 3.8) is 0 Å². The molecule has 0 saturated carbocycles. The molecule has 1 aliphatic heterocycles. The smallest absolute Gasteiger partial charge is 0.255 e. The van der Waals surface area contributed by atoms with E-state index in [1.54, 1.807) is 24.3 Å². The Morgan fingerprint density at radius 3 is 2.72 bits per heavy atom. The van der Waals surface area contributed by atoms with Crippen LogP contribution in [0.15, 0.2) is 36.4 Å². The van der Waals surface area contributed by atoms with Crippen molar-refractivity contribution in [2.75, 3.05) is 18.5 Å². The second kappa shape index (κ2) is 6.12. The molecule has 0 radical (unpaired) electrons. The first-order valence-corrected chi connectivity index (χ1v) is 8.31. The molecule has 3 aromatic rings. The molecule has 1 aliphatic rings. The molecule has 0 atom stereocenters. The zero-order valence-electron chi connectivity index (χ0n) is 14.1. The summed E-state index contributed by atoms with van der Waals surface area (Å²) in [6.45, 7) is 5.21. The van der Waals surface area contributed by atoms with E-state index >= 15 is 0 Å². The van der Waals surface area contributed by atoms with Crippen molar-refractivity contribution in [1.29, 1.82) is 0 Å². The van der Waals surface area contributed by atoms with E-state index in [1.165, 1.54) is 0 Å². The van der Waals surface area contributed by atoms with Crippen molar-refractivity contribution in [3.05, 3.63) is 47.8 Å². The number of hydrogen-bond acceptors (Lipinski definition) is 4. The Labute approximate surface area is 145 Å². The van der Waals surface area contributed by atoms with Gasteiger partial charge in [0.1, 0.15) is 19.0 Å². The van der Waals surface area contributed by atoms with Gasteiger partial charge in [-0.15, -0.1) is 0 Å². The minimum absolute atomic E-state index is 0.181. The number of aromatic amines is 1. The third kappa shape index (κ3) is 3.03. The van der Waals surface area contributed by atoms with Crippen LogP contribution in [0.5, 0.6) is 11.5 Å². The van der Waals surface area contributed by atoms with Crippen LogP contribution in [-0.4, -0.2) is 29.1 Å². The van der Waals surface area contributed by atoms with Crippen LogP contribution in [-0.2, 0) is 0 Å². The molecule has 0 unspecified atom stereocenters. The fraction of sp³-hybridized carbons (Fsp3) is 0.263. The molecule has 0 bridgehead atoms. The number of imidazole rings is 1. The lowest BCUT2D eigenvalue weighted by atomic mass is 10.2. The quantitative estimate of drug-likeness (QED) is 0.764. The highest BCUT2D eigenvalue weighted by atomic mass is 16.6. The summed E-state index contributed by atoms with van der Waals surface area (Å²) in [5.41, 5.74) is 2.96. The third-order valence-corrected chi connectivity index (χ3v) is 4.11. The Morgan fingerprint density at radius 1 is 1.12 bits per heavy atom. The molecular weight excluding hydrogens is 318 g/mol. The average molecular weight is 337 g/mol. The molecule has 2 N–H and O–H groups in total. The molecule has 0 aliphatic carbocycles. The van der Waals surface area contributed by atoms with Crippen molar-refractivity contribution in [2.24, 2.45) is 0 Å². The number of hydrogen-bond donors (Lipinski definition) is 2. The maximum atomic E-state index is 12.5. The molecule has 6 heteroatoms. The molecule has 0 saturated heterocycles. The highest BCUT2D eigenvalue weighted by Gasteiger charge is 2.14. The van der Waals surface area contributed by atoms with Gasteiger partial charge in [0.05, 0.1) is 11.0 Å². The summed E-state index contributed by atoms with van der Waals surface area (Å²) in [4.78, 5) is 20.3. The fourth-order valence-corrected chi connectivity index (χ4v) is 2.77. The van der Waals surface area contributed by atoms with E-state index in [4.69, 9.17) is 9.47 Å². The van der Waals surface area contributed by atoms with Crippen LogP contribution in [0.2, 0.25) is 0 Å². The van der Waals surface area contributed by atoms with Gasteiger partial charge in [-0.25, -0.2) is 4.98 Å². The van der Waals surface area contributed by atoms with Crippen molar-refractivity contribution in [3.8, 4) is 11.5 Å². The number of nitrogens with zero attached hydrogens (tertiary/aromatic N) is 1. The van der Waals surface area contributed by atoms with Crippen LogP contribution in [0, 0.1) is 0 Å². The van der Waals surface area contributed by atoms with Crippen LogP contribution in [0.3, 0.4) is 0 Å². The number of fused-ring (bicyclic) bond motifs is 2. The molecule has 1 amide bonds. The number of H-pyrrole nitrogens is 1. The number of benzene rings is 2. The van der Waals surface area contributed by atoms with Crippen molar-refractivity contribution < 1.29 is 14.3 Å². The SMILES string of the molecule is CC(C)c1nc2ccc(C(=O)Nc3ccc4c(c3)OCCO4)cc2[nH]1. The molecule has 4 rings (SSSR count). The number of anilines is 1. The maximum absolute atomic E-state index is 12.5. The summed E-state index contributed by atoms with van der Waals surface area (Å²) in [5.74, 6) is 2.39. The summed E-state index contributed by atoms with van der Waals surface area (Å²) in [5, 5.41) is 2.89. The monoisotopic (exact) mass is 337 g/mol. The number of rotatable bonds is 3. The first-order valence-electron chi connectivity index (χ1n) is 8.31. The highest BCUT2D eigenvalue weighted by Crippen LogP contribution is 2.32. The lowest BCUT2D eigenvalue weighted by Crippen LogP contribution is -2.16. The Bertz CT molecular complexity index is 946. The molecule has 2 aromatic carbocycles. The Kier molecular flexibility index (Phi) is 3.80. The molecule has 2 heterocycles. The zero-order chi connectivity index (χ0) is 17.4. The first-order chi connectivity index (χ1) is 12.1. The summed E-state index contributed by atoms with van der Waals surface area (Å²) in [7, 11) is 0. The fourth-order valence-electron chi connectivity index (χ4n) is 2.77. The van der Waals surface area contributed by atoms with Crippen LogP contribution in [0.1, 0.15) is 35.9 Å². The minimum Gasteiger partial charge on any atom is -0.486 e. The first kappa shape index (κ1) is 15.5. The minimum atomic E-state index is -0.181. The van der Waals surface area contributed by atoms with Gasteiger partial charge in [-0.2, -0.15) is 0 Å². The largest absolute Gasteiger partial charge is 0.486 e. The lowest BCUT2D eigenvalue weighted by Gasteiger charge is -2.19. The topological polar surface area (TPSA) is 76.2 Å². The number of carbonyl (C=O) groups is 1. The second-order valence-electron chi connectivity index (χ2n) is 6.32. The standard InChI is InChI=1S/C19H19N3O3/c1-11(2)18-21-14-5-3-12(9-15(14)22-18)19(23)20-13-4-6-16-17(10-13)25-8-7-24-16/h3-6,9-11H,7-8H2,1-2H3,(H,20,23)(H,21,22). The van der Waals surface area contributed by atoms with Gasteiger partial charge in [-0.3, -0.25) is 4.79 Å². The van der Waals surface area contributed by atoms with Crippen molar-refractivity contribution in [2.45, 2.75) is 19.8 Å². The van der Waals surface area contributed by atoms with Crippen molar-refractivity contribution in [1.82, 2.24) is 9.97 Å². The van der Waals surface area contributed by atoms with Crippen LogP contribution < -0.4 is 14.8 Å². The van der Waals surface area contributed by atoms with Gasteiger partial charge >= 0.3 is 0 Å². The summed E-state index contributed by atoms with van der Waals surface area (Å²) in [6, 6.07) is 10.8. The van der Waals surface area contributed by atoms with Gasteiger partial charge in [0, 0.05) is 23.2 Å². The van der Waals surface area contributed by atoms with Crippen LogP contribution >= 0.6 is 0 Å². The van der Waals surface area contributed by atoms with Gasteiger partial charge in [0.25, 0.3) is 5.91 Å². The number of carbonyl (C=O) groups excluding carboxylic acids is 1. The number of amides is 1. The summed E-state index contributed by atoms with van der Waals surface area (Å²) in [6.07, 6.45) is 0. The van der Waals surface area contributed by atoms with E-state index in [1.807, 2.05) is 12.1 Å². The molecule has 1 aromatic heterocycles. The van der Waals surface area contributed by atoms with Gasteiger partial charge in [-0.1, -0.05) is 13.8 Å². The predicted molar refractivity (Wildman–Crippen MR) is 95.6 cm³/mol. The number of aromatic nitrogens is 2. The van der Waals surface area contributed by atoms with Crippen molar-refractivity contribution >= 4 is 22.6 Å². The summed E-state index contributed by atoms with van der Waals surface area (Å²) < 4.78 is 11.0. The maximum Gasteiger partial charge on any atom is 0.255 e. The summed E-state index contributed by atoms with van der Waals surface area (Å²) >= 11 is 0. The van der Waals surface area contributed by atoms with E-state index in [0.29, 0.717) is 41.9 Å². The molecule has 6 nitrogen and oxygen atoms in total. The number of ether oxygens (including phenoxy) is 2. The molecule has 0 spiro atoms. The number of nitrogens with one attached hydrogen (secondary N) is 2. The Hall–Kier alpha value is -3.02. The Morgan fingerprint density at radius 2 is 1.92 bits per heavy atom. The second-order valence-corrected chi connectivity index (χ2v) is 6.32. The highest BCUT2D eigenvalue weighted by molar-refractivity contribution is 6.06. The predicted octanol–water partition coefficient (Wildman–Crippen LogP) is 3.71. The van der Waals surface area contributed by atoms with Gasteiger partial charge in [-0.05, 0) is 30.3 Å². The van der Waals surface area contributed by atoms with Crippen LogP contribution in [0.4, 0.5) is 5.69 Å². The van der Waals surface area contributed by atoms with E-state index in [9.17, 15) is 4.79 Å². The molecule has 0 fully saturated rings. The van der Waals surface area contributed by atoms with E-state index in [2.05, 4.69) is 29.1 Å². The average Bonchev–Trinajstić information content (AvgIpc) is 3.05. The Balaban J connectivity index is 1.57. The molecule has 25 heavy (non-hydrogen) atoms. The lowest BCUT2D eigenvalue weighted by molar-refractivity contribution is 0.102. The zero-order valence-corrected chi connectivity index (χ0v) is 14.1. The van der Waals surface area contributed by atoms with Gasteiger partial charge in [0.2, 0.25) is 0 Å². The molecular formula is C19H19N3O3.